The molecule has 0 aliphatic carbocycles. The predicted molar refractivity (Wildman–Crippen MR) is 56.3 cm³/mol. The average Bonchev–Trinajstić information content (AvgIpc) is 2.03. The minimum atomic E-state index is -0.391. The lowest BCUT2D eigenvalue weighted by molar-refractivity contribution is -0.555. The molecule has 0 aromatic heterocycles. The van der Waals surface area contributed by atoms with E-state index in [2.05, 4.69) is 36.9 Å². The molecule has 1 unspecified atom stereocenters. The van der Waals surface area contributed by atoms with Gasteiger partial charge in [-0.3, -0.25) is 5.32 Å². The van der Waals surface area contributed by atoms with Crippen LogP contribution >= 0.6 is 0 Å². The Balaban J connectivity index is 3.51. The van der Waals surface area contributed by atoms with Crippen molar-refractivity contribution in [1.29, 1.82) is 0 Å². The Morgan fingerprint density at radius 1 is 1.38 bits per heavy atom. The zero-order chi connectivity index (χ0) is 10.3. The number of nitrogens with zero attached hydrogens (tertiary/aromatic N) is 1. The molecule has 0 aliphatic rings. The van der Waals surface area contributed by atoms with E-state index in [1.807, 2.05) is 0 Å². The Labute approximate surface area is 81.5 Å². The van der Waals surface area contributed by atoms with Gasteiger partial charge in [0.05, 0.1) is 0 Å². The van der Waals surface area contributed by atoms with Gasteiger partial charge >= 0.3 is 0 Å². The third-order valence-electron chi connectivity index (χ3n) is 2.03. The summed E-state index contributed by atoms with van der Waals surface area (Å²) in [6.07, 6.45) is 2.79. The highest BCUT2D eigenvalue weighted by molar-refractivity contribution is 5.46. The summed E-state index contributed by atoms with van der Waals surface area (Å²) in [6, 6.07) is 0.566. The lowest BCUT2D eigenvalue weighted by Gasteiger charge is -2.08. The van der Waals surface area contributed by atoms with Gasteiger partial charge in [0, 0.05) is 19.9 Å². The van der Waals surface area contributed by atoms with Gasteiger partial charge < -0.3 is 5.11 Å². The Morgan fingerprint density at radius 2 is 2.00 bits per heavy atom. The van der Waals surface area contributed by atoms with Gasteiger partial charge in [0.15, 0.2) is 0 Å². The van der Waals surface area contributed by atoms with Crippen molar-refractivity contribution in [2.24, 2.45) is 0 Å². The molecule has 0 rings (SSSR count). The molecule has 0 bridgehead atoms. The summed E-state index contributed by atoms with van der Waals surface area (Å²) in [5.74, 6) is 0. The Kier molecular flexibility index (Phi) is 6.82. The quantitative estimate of drug-likeness (QED) is 0.279. The molecule has 0 saturated heterocycles. The van der Waals surface area contributed by atoms with Gasteiger partial charge in [-0.25, -0.2) is 4.58 Å². The van der Waals surface area contributed by atoms with Crippen molar-refractivity contribution in [3.8, 4) is 0 Å². The third kappa shape index (κ3) is 6.72. The van der Waals surface area contributed by atoms with Crippen LogP contribution in [0.3, 0.4) is 0 Å². The van der Waals surface area contributed by atoms with Crippen LogP contribution in [-0.4, -0.2) is 41.3 Å². The number of hydrogen-bond donors (Lipinski definition) is 2. The van der Waals surface area contributed by atoms with Gasteiger partial charge in [-0.1, -0.05) is 0 Å². The molecule has 0 heterocycles. The monoisotopic (exact) mass is 187 g/mol. The van der Waals surface area contributed by atoms with Crippen molar-refractivity contribution in [2.45, 2.75) is 46.4 Å². The Bertz CT molecular complexity index is 153. The standard InChI is InChI=1S/C10H23N2O/c1-5-12(9(2)3)8-6-7-11-10(4)13/h5,9-11,13H,6-8H2,1-4H3/q+1/b12-5+. The zero-order valence-corrected chi connectivity index (χ0v) is 9.25. The molecule has 0 radical (unpaired) electrons. The van der Waals surface area contributed by atoms with Crippen molar-refractivity contribution in [3.05, 3.63) is 0 Å². The molecule has 3 nitrogen and oxygen atoms in total. The largest absolute Gasteiger partial charge is 0.379 e. The second kappa shape index (κ2) is 7.04. The first kappa shape index (κ1) is 12.6. The number of rotatable bonds is 6. The van der Waals surface area contributed by atoms with E-state index in [1.165, 1.54) is 0 Å². The minimum Gasteiger partial charge on any atom is -0.379 e. The SMILES string of the molecule is C/C=[N+](\CCCNC(C)O)C(C)C. The van der Waals surface area contributed by atoms with Crippen molar-refractivity contribution in [1.82, 2.24) is 5.32 Å². The Hall–Kier alpha value is -0.410. The van der Waals surface area contributed by atoms with Crippen molar-refractivity contribution in [2.75, 3.05) is 13.1 Å². The van der Waals surface area contributed by atoms with E-state index in [1.54, 1.807) is 6.92 Å². The maximum atomic E-state index is 8.95. The molecular weight excluding hydrogens is 164 g/mol. The molecule has 78 valence electrons. The summed E-state index contributed by atoms with van der Waals surface area (Å²) in [5, 5.41) is 11.9. The smallest absolute Gasteiger partial charge is 0.146 e. The molecule has 0 saturated carbocycles. The topological polar surface area (TPSA) is 35.3 Å². The number of aliphatic hydroxyl groups is 1. The van der Waals surface area contributed by atoms with Crippen LogP contribution in [0.1, 0.15) is 34.1 Å². The van der Waals surface area contributed by atoms with Gasteiger partial charge in [0.1, 0.15) is 25.0 Å². The Morgan fingerprint density at radius 3 is 2.38 bits per heavy atom. The summed E-state index contributed by atoms with van der Waals surface area (Å²) in [5.41, 5.74) is 0. The highest BCUT2D eigenvalue weighted by Crippen LogP contribution is 1.90. The fourth-order valence-electron chi connectivity index (χ4n) is 1.26. The molecule has 0 aliphatic heterocycles. The molecule has 0 aromatic rings. The van der Waals surface area contributed by atoms with E-state index in [-0.39, 0.29) is 0 Å². The van der Waals surface area contributed by atoms with Gasteiger partial charge in [0.25, 0.3) is 0 Å². The van der Waals surface area contributed by atoms with Gasteiger partial charge in [-0.2, -0.15) is 0 Å². The van der Waals surface area contributed by atoms with Gasteiger partial charge in [0.2, 0.25) is 0 Å². The van der Waals surface area contributed by atoms with Crippen LogP contribution in [0.5, 0.6) is 0 Å². The van der Waals surface area contributed by atoms with E-state index in [0.29, 0.717) is 6.04 Å². The van der Waals surface area contributed by atoms with Crippen molar-refractivity contribution >= 4 is 6.21 Å². The van der Waals surface area contributed by atoms with Crippen LogP contribution in [0, 0.1) is 0 Å². The summed E-state index contributed by atoms with van der Waals surface area (Å²) in [7, 11) is 0. The first-order valence-electron chi connectivity index (χ1n) is 5.04. The van der Waals surface area contributed by atoms with Gasteiger partial charge in [-0.05, 0) is 20.8 Å². The van der Waals surface area contributed by atoms with Crippen molar-refractivity contribution < 1.29 is 9.68 Å². The lowest BCUT2D eigenvalue weighted by atomic mass is 10.3. The summed E-state index contributed by atoms with van der Waals surface area (Å²) < 4.78 is 2.30. The molecule has 0 aromatic carbocycles. The van der Waals surface area contributed by atoms with E-state index in [9.17, 15) is 0 Å². The molecule has 0 amide bonds. The molecule has 3 heteroatoms. The maximum absolute atomic E-state index is 8.95. The molecule has 0 spiro atoms. The third-order valence-corrected chi connectivity index (χ3v) is 2.03. The van der Waals surface area contributed by atoms with E-state index < -0.39 is 6.23 Å². The van der Waals surface area contributed by atoms with Crippen LogP contribution in [0.25, 0.3) is 0 Å². The lowest BCUT2D eigenvalue weighted by Crippen LogP contribution is -2.29. The van der Waals surface area contributed by atoms with Crippen molar-refractivity contribution in [3.63, 3.8) is 0 Å². The number of hydrogen-bond acceptors (Lipinski definition) is 2. The zero-order valence-electron chi connectivity index (χ0n) is 9.25. The highest BCUT2D eigenvalue weighted by atomic mass is 16.3. The van der Waals surface area contributed by atoms with Crippen LogP contribution in [-0.2, 0) is 0 Å². The maximum Gasteiger partial charge on any atom is 0.146 e. The van der Waals surface area contributed by atoms with E-state index in [4.69, 9.17) is 5.11 Å². The van der Waals surface area contributed by atoms with Gasteiger partial charge in [-0.15, -0.1) is 0 Å². The average molecular weight is 187 g/mol. The first-order valence-corrected chi connectivity index (χ1v) is 5.04. The van der Waals surface area contributed by atoms with Crippen LogP contribution in [0.2, 0.25) is 0 Å². The van der Waals surface area contributed by atoms with E-state index >= 15 is 0 Å². The second-order valence-corrected chi connectivity index (χ2v) is 3.57. The van der Waals surface area contributed by atoms with E-state index in [0.717, 1.165) is 19.5 Å². The minimum absolute atomic E-state index is 0.391. The number of aliphatic hydroxyl groups excluding tert-OH is 1. The first-order chi connectivity index (χ1) is 6.07. The fourth-order valence-corrected chi connectivity index (χ4v) is 1.26. The molecule has 13 heavy (non-hydrogen) atoms. The summed E-state index contributed by atoms with van der Waals surface area (Å²) in [4.78, 5) is 0. The van der Waals surface area contributed by atoms with Crippen LogP contribution in [0.4, 0.5) is 0 Å². The summed E-state index contributed by atoms with van der Waals surface area (Å²) >= 11 is 0. The number of nitrogens with one attached hydrogen (secondary N) is 1. The summed E-state index contributed by atoms with van der Waals surface area (Å²) in [6.45, 7) is 10.1. The highest BCUT2D eigenvalue weighted by Gasteiger charge is 2.06. The molecule has 2 N–H and O–H groups in total. The predicted octanol–water partition coefficient (Wildman–Crippen LogP) is 0.816. The van der Waals surface area contributed by atoms with Crippen LogP contribution < -0.4 is 5.32 Å². The molecule has 1 atom stereocenters. The normalized spacial score (nSPS) is 15.1. The molecular formula is C10H23N2O+. The fraction of sp³-hybridized carbons (Fsp3) is 0.900. The van der Waals surface area contributed by atoms with Crippen LogP contribution in [0.15, 0.2) is 0 Å². The second-order valence-electron chi connectivity index (χ2n) is 3.57. The molecule has 0 fully saturated rings.